The SMILES string of the molecule is CC1=NOC(=O)/C1=C/c1ccccc1OCc1ccc(Cl)cc1Cl. The van der Waals surface area contributed by atoms with Crippen molar-refractivity contribution in [3.05, 3.63) is 69.2 Å². The Kier molecular flexibility index (Phi) is 4.88. The van der Waals surface area contributed by atoms with Crippen molar-refractivity contribution in [1.82, 2.24) is 0 Å². The minimum Gasteiger partial charge on any atom is -0.488 e. The van der Waals surface area contributed by atoms with E-state index in [-0.39, 0.29) is 6.61 Å². The summed E-state index contributed by atoms with van der Waals surface area (Å²) in [5.41, 5.74) is 2.53. The van der Waals surface area contributed by atoms with E-state index in [1.165, 1.54) is 0 Å². The van der Waals surface area contributed by atoms with E-state index >= 15 is 0 Å². The Labute approximate surface area is 149 Å². The molecule has 1 aliphatic rings. The van der Waals surface area contributed by atoms with Gasteiger partial charge in [0.25, 0.3) is 0 Å². The number of carbonyl (C=O) groups excluding carboxylic acids is 1. The van der Waals surface area contributed by atoms with Crippen LogP contribution < -0.4 is 4.74 Å². The molecule has 0 aromatic heterocycles. The fraction of sp³-hybridized carbons (Fsp3) is 0.111. The molecule has 1 heterocycles. The number of oxime groups is 1. The molecule has 0 saturated carbocycles. The van der Waals surface area contributed by atoms with Crippen molar-refractivity contribution in [2.45, 2.75) is 13.5 Å². The van der Waals surface area contributed by atoms with Gasteiger partial charge in [-0.05, 0) is 31.2 Å². The zero-order chi connectivity index (χ0) is 17.1. The second kappa shape index (κ2) is 7.07. The molecule has 4 nitrogen and oxygen atoms in total. The summed E-state index contributed by atoms with van der Waals surface area (Å²) in [5, 5.41) is 4.78. The van der Waals surface area contributed by atoms with Gasteiger partial charge in [0, 0.05) is 21.2 Å². The van der Waals surface area contributed by atoms with Crippen molar-refractivity contribution in [1.29, 1.82) is 0 Å². The van der Waals surface area contributed by atoms with Crippen molar-refractivity contribution in [2.24, 2.45) is 5.16 Å². The van der Waals surface area contributed by atoms with Gasteiger partial charge in [-0.1, -0.05) is 52.6 Å². The predicted octanol–water partition coefficient (Wildman–Crippen LogP) is 4.89. The Morgan fingerprint density at radius 3 is 2.71 bits per heavy atom. The van der Waals surface area contributed by atoms with Crippen molar-refractivity contribution in [3.8, 4) is 5.75 Å². The Morgan fingerprint density at radius 2 is 2.00 bits per heavy atom. The van der Waals surface area contributed by atoms with E-state index in [9.17, 15) is 4.79 Å². The summed E-state index contributed by atoms with van der Waals surface area (Å²) in [6.07, 6.45) is 1.70. The minimum absolute atomic E-state index is 0.285. The molecule has 0 atom stereocenters. The third kappa shape index (κ3) is 3.61. The van der Waals surface area contributed by atoms with Gasteiger partial charge in [0.2, 0.25) is 0 Å². The summed E-state index contributed by atoms with van der Waals surface area (Å²) in [4.78, 5) is 16.3. The van der Waals surface area contributed by atoms with Gasteiger partial charge in [-0.15, -0.1) is 0 Å². The number of halogens is 2. The molecule has 1 aliphatic heterocycles. The maximum absolute atomic E-state index is 11.7. The fourth-order valence-electron chi connectivity index (χ4n) is 2.20. The molecule has 122 valence electrons. The van der Waals surface area contributed by atoms with E-state index < -0.39 is 5.97 Å². The number of nitrogens with zero attached hydrogens (tertiary/aromatic N) is 1. The first-order valence-electron chi connectivity index (χ1n) is 7.18. The van der Waals surface area contributed by atoms with Crippen LogP contribution in [0.15, 0.2) is 53.2 Å². The highest BCUT2D eigenvalue weighted by Crippen LogP contribution is 2.26. The number of benzene rings is 2. The van der Waals surface area contributed by atoms with Crippen molar-refractivity contribution in [2.75, 3.05) is 0 Å². The largest absolute Gasteiger partial charge is 0.488 e. The smallest absolute Gasteiger partial charge is 0.367 e. The summed E-state index contributed by atoms with van der Waals surface area (Å²) in [6.45, 7) is 2.00. The maximum Gasteiger partial charge on any atom is 0.367 e. The molecule has 0 radical (unpaired) electrons. The number of carbonyl (C=O) groups is 1. The highest BCUT2D eigenvalue weighted by Gasteiger charge is 2.22. The summed E-state index contributed by atoms with van der Waals surface area (Å²) < 4.78 is 5.86. The van der Waals surface area contributed by atoms with Crippen LogP contribution in [0.3, 0.4) is 0 Å². The van der Waals surface area contributed by atoms with E-state index in [1.807, 2.05) is 30.3 Å². The van der Waals surface area contributed by atoms with Crippen molar-refractivity contribution >= 4 is 41.0 Å². The average molecular weight is 362 g/mol. The first-order valence-corrected chi connectivity index (χ1v) is 7.94. The molecule has 24 heavy (non-hydrogen) atoms. The Bertz CT molecular complexity index is 859. The summed E-state index contributed by atoms with van der Waals surface area (Å²) >= 11 is 12.1. The molecule has 2 aromatic carbocycles. The first kappa shape index (κ1) is 16.6. The molecular formula is C18H13Cl2NO3. The van der Waals surface area contributed by atoms with Crippen LogP contribution in [0, 0.1) is 0 Å². The standard InChI is InChI=1S/C18H13Cl2NO3/c1-11-15(18(22)24-21-11)8-12-4-2-3-5-17(12)23-10-13-6-7-14(19)9-16(13)20/h2-9H,10H2,1H3/b15-8+. The monoisotopic (exact) mass is 361 g/mol. The van der Waals surface area contributed by atoms with Crippen LogP contribution in [0.1, 0.15) is 18.1 Å². The van der Waals surface area contributed by atoms with Crippen LogP contribution >= 0.6 is 23.2 Å². The molecule has 0 N–H and O–H groups in total. The van der Waals surface area contributed by atoms with Crippen LogP contribution in [-0.2, 0) is 16.2 Å². The first-order chi connectivity index (χ1) is 11.5. The molecule has 6 heteroatoms. The number of rotatable bonds is 4. The summed E-state index contributed by atoms with van der Waals surface area (Å²) in [5.74, 6) is 0.159. The molecule has 0 bridgehead atoms. The molecule has 0 aliphatic carbocycles. The van der Waals surface area contributed by atoms with Gasteiger partial charge < -0.3 is 9.57 Å². The van der Waals surface area contributed by atoms with E-state index in [2.05, 4.69) is 9.99 Å². The van der Waals surface area contributed by atoms with Crippen LogP contribution in [0.25, 0.3) is 6.08 Å². The molecule has 0 spiro atoms. The second-order valence-electron chi connectivity index (χ2n) is 5.18. The predicted molar refractivity (Wildman–Crippen MR) is 94.4 cm³/mol. The maximum atomic E-state index is 11.7. The Balaban J connectivity index is 1.83. The fourth-order valence-corrected chi connectivity index (χ4v) is 2.66. The van der Waals surface area contributed by atoms with Crippen molar-refractivity contribution in [3.63, 3.8) is 0 Å². The number of hydrogen-bond donors (Lipinski definition) is 0. The van der Waals surface area contributed by atoms with Crippen LogP contribution in [0.4, 0.5) is 0 Å². The van der Waals surface area contributed by atoms with Crippen molar-refractivity contribution < 1.29 is 14.4 Å². The molecule has 0 amide bonds. The number of ether oxygens (including phenoxy) is 1. The zero-order valence-corrected chi connectivity index (χ0v) is 14.3. The minimum atomic E-state index is -0.469. The van der Waals surface area contributed by atoms with Crippen LogP contribution in [-0.4, -0.2) is 11.7 Å². The number of hydrogen-bond acceptors (Lipinski definition) is 4. The van der Waals surface area contributed by atoms with Crippen LogP contribution in [0.2, 0.25) is 10.0 Å². The third-order valence-corrected chi connectivity index (χ3v) is 4.08. The van der Waals surface area contributed by atoms with Gasteiger partial charge in [0.1, 0.15) is 12.4 Å². The molecule has 0 saturated heterocycles. The zero-order valence-electron chi connectivity index (χ0n) is 12.8. The lowest BCUT2D eigenvalue weighted by Gasteiger charge is -2.11. The third-order valence-electron chi connectivity index (χ3n) is 3.49. The lowest BCUT2D eigenvalue weighted by atomic mass is 10.1. The topological polar surface area (TPSA) is 47.9 Å². The van der Waals surface area contributed by atoms with Gasteiger partial charge in [0.05, 0.1) is 11.3 Å². The lowest BCUT2D eigenvalue weighted by molar-refractivity contribution is -0.136. The Hall–Kier alpha value is -2.30. The van der Waals surface area contributed by atoms with E-state index in [0.29, 0.717) is 27.1 Å². The highest BCUT2D eigenvalue weighted by atomic mass is 35.5. The lowest BCUT2D eigenvalue weighted by Crippen LogP contribution is -2.03. The molecule has 0 unspecified atom stereocenters. The Morgan fingerprint density at radius 1 is 1.21 bits per heavy atom. The molecule has 2 aromatic rings. The highest BCUT2D eigenvalue weighted by molar-refractivity contribution is 6.35. The summed E-state index contributed by atoms with van der Waals surface area (Å²) in [7, 11) is 0. The van der Waals surface area contributed by atoms with Crippen LogP contribution in [0.5, 0.6) is 5.75 Å². The second-order valence-corrected chi connectivity index (χ2v) is 6.02. The average Bonchev–Trinajstić information content (AvgIpc) is 2.87. The number of para-hydroxylation sites is 1. The quantitative estimate of drug-likeness (QED) is 0.575. The molecule has 3 rings (SSSR count). The van der Waals surface area contributed by atoms with Gasteiger partial charge in [-0.3, -0.25) is 0 Å². The summed E-state index contributed by atoms with van der Waals surface area (Å²) in [6, 6.07) is 12.6. The normalized spacial score (nSPS) is 15.4. The van der Waals surface area contributed by atoms with E-state index in [0.717, 1.165) is 11.1 Å². The van der Waals surface area contributed by atoms with E-state index in [4.69, 9.17) is 27.9 Å². The van der Waals surface area contributed by atoms with Gasteiger partial charge in [-0.25, -0.2) is 4.79 Å². The van der Waals surface area contributed by atoms with E-state index in [1.54, 1.807) is 25.1 Å². The molecule has 0 fully saturated rings. The molecular weight excluding hydrogens is 349 g/mol. The van der Waals surface area contributed by atoms with Gasteiger partial charge in [-0.2, -0.15) is 0 Å². The van der Waals surface area contributed by atoms with Gasteiger partial charge in [0.15, 0.2) is 0 Å². The van der Waals surface area contributed by atoms with Gasteiger partial charge >= 0.3 is 5.97 Å².